The molecule has 0 radical (unpaired) electrons. The van der Waals surface area contributed by atoms with Crippen LogP contribution >= 0.6 is 0 Å². The highest BCUT2D eigenvalue weighted by atomic mass is 16.2. The zero-order chi connectivity index (χ0) is 14.7. The van der Waals surface area contributed by atoms with Gasteiger partial charge in [0.05, 0.1) is 17.8 Å². The molecule has 2 N–H and O–H groups in total. The van der Waals surface area contributed by atoms with Crippen molar-refractivity contribution in [1.82, 2.24) is 25.1 Å². The molecule has 1 fully saturated rings. The number of nitrogens with zero attached hydrogens (tertiary/aromatic N) is 4. The van der Waals surface area contributed by atoms with Gasteiger partial charge in [-0.3, -0.25) is 9.59 Å². The molecular formula is C13H14N6O2. The molecule has 1 saturated heterocycles. The van der Waals surface area contributed by atoms with Crippen LogP contribution in [0.4, 0.5) is 5.69 Å². The topological polar surface area (TPSA) is 102 Å². The lowest BCUT2D eigenvalue weighted by molar-refractivity contribution is -0.126. The first kappa shape index (κ1) is 13.2. The summed E-state index contributed by atoms with van der Waals surface area (Å²) in [6, 6.07) is 3.50. The van der Waals surface area contributed by atoms with Crippen molar-refractivity contribution in [3.8, 4) is 5.82 Å². The monoisotopic (exact) mass is 286 g/mol. The number of carbonyl (C=O) groups excluding carboxylic acids is 2. The van der Waals surface area contributed by atoms with Gasteiger partial charge < -0.3 is 10.6 Å². The molecule has 108 valence electrons. The number of piperidine rings is 1. The molecule has 0 bridgehead atoms. The Bertz CT molecular complexity index is 627. The Morgan fingerprint density at radius 2 is 2.33 bits per heavy atom. The second-order valence-electron chi connectivity index (χ2n) is 4.77. The van der Waals surface area contributed by atoms with Crippen LogP contribution in [-0.2, 0) is 9.59 Å². The van der Waals surface area contributed by atoms with E-state index in [1.54, 1.807) is 24.7 Å². The molecule has 1 unspecified atom stereocenters. The van der Waals surface area contributed by atoms with Gasteiger partial charge in [-0.15, -0.1) is 0 Å². The van der Waals surface area contributed by atoms with Crippen LogP contribution in [0.5, 0.6) is 0 Å². The smallest absolute Gasteiger partial charge is 0.229 e. The van der Waals surface area contributed by atoms with Crippen molar-refractivity contribution >= 4 is 17.5 Å². The summed E-state index contributed by atoms with van der Waals surface area (Å²) in [5, 5.41) is 9.47. The summed E-state index contributed by atoms with van der Waals surface area (Å²) in [5.41, 5.74) is 0.612. The number of anilines is 1. The van der Waals surface area contributed by atoms with E-state index >= 15 is 0 Å². The molecular weight excluding hydrogens is 272 g/mol. The van der Waals surface area contributed by atoms with Crippen molar-refractivity contribution in [3.63, 3.8) is 0 Å². The lowest BCUT2D eigenvalue weighted by Crippen LogP contribution is -2.40. The molecule has 1 aliphatic heterocycles. The molecule has 1 aliphatic rings. The summed E-state index contributed by atoms with van der Waals surface area (Å²) in [5.74, 6) is 0.316. The number of amides is 2. The number of nitrogens with one attached hydrogen (secondary N) is 2. The molecule has 2 aromatic rings. The molecule has 3 rings (SSSR count). The van der Waals surface area contributed by atoms with Crippen LogP contribution in [0, 0.1) is 5.92 Å². The third-order valence-corrected chi connectivity index (χ3v) is 3.31. The van der Waals surface area contributed by atoms with Gasteiger partial charge in [-0.25, -0.2) is 14.6 Å². The molecule has 2 aromatic heterocycles. The van der Waals surface area contributed by atoms with Gasteiger partial charge >= 0.3 is 0 Å². The molecule has 3 heterocycles. The van der Waals surface area contributed by atoms with E-state index in [0.29, 0.717) is 30.9 Å². The number of pyridine rings is 1. The maximum Gasteiger partial charge on any atom is 0.229 e. The summed E-state index contributed by atoms with van der Waals surface area (Å²) < 4.78 is 1.53. The SMILES string of the molecule is O=C1CCC(C(=O)Nc2ccc(-n3cncn3)nc2)CN1. The van der Waals surface area contributed by atoms with Gasteiger partial charge in [-0.1, -0.05) is 0 Å². The Morgan fingerprint density at radius 1 is 1.43 bits per heavy atom. The summed E-state index contributed by atoms with van der Waals surface area (Å²) in [4.78, 5) is 31.2. The fourth-order valence-electron chi connectivity index (χ4n) is 2.12. The quantitative estimate of drug-likeness (QED) is 0.835. The number of carbonyl (C=O) groups is 2. The van der Waals surface area contributed by atoms with Crippen LogP contribution in [-0.4, -0.2) is 38.1 Å². The molecule has 0 spiro atoms. The molecule has 0 aliphatic carbocycles. The zero-order valence-corrected chi connectivity index (χ0v) is 11.2. The van der Waals surface area contributed by atoms with Crippen molar-refractivity contribution < 1.29 is 9.59 Å². The Balaban J connectivity index is 1.62. The van der Waals surface area contributed by atoms with Crippen LogP contribution in [0.2, 0.25) is 0 Å². The van der Waals surface area contributed by atoms with E-state index in [9.17, 15) is 9.59 Å². The highest BCUT2D eigenvalue weighted by Crippen LogP contribution is 2.15. The summed E-state index contributed by atoms with van der Waals surface area (Å²) in [6.07, 6.45) is 5.50. The van der Waals surface area contributed by atoms with E-state index in [2.05, 4.69) is 25.7 Å². The highest BCUT2D eigenvalue weighted by Gasteiger charge is 2.24. The summed E-state index contributed by atoms with van der Waals surface area (Å²) >= 11 is 0. The second-order valence-corrected chi connectivity index (χ2v) is 4.77. The van der Waals surface area contributed by atoms with Crippen LogP contribution in [0.25, 0.3) is 5.82 Å². The van der Waals surface area contributed by atoms with Gasteiger partial charge in [-0.05, 0) is 18.6 Å². The van der Waals surface area contributed by atoms with Crippen molar-refractivity contribution in [3.05, 3.63) is 31.0 Å². The first-order chi connectivity index (χ1) is 10.2. The summed E-state index contributed by atoms with van der Waals surface area (Å²) in [7, 11) is 0. The van der Waals surface area contributed by atoms with Gasteiger partial charge in [-0.2, -0.15) is 5.10 Å². The van der Waals surface area contributed by atoms with Crippen LogP contribution in [0.15, 0.2) is 31.0 Å². The van der Waals surface area contributed by atoms with E-state index in [1.807, 2.05) is 0 Å². The molecule has 0 saturated carbocycles. The van der Waals surface area contributed by atoms with Crippen molar-refractivity contribution in [2.24, 2.45) is 5.92 Å². The minimum Gasteiger partial charge on any atom is -0.355 e. The van der Waals surface area contributed by atoms with Crippen LogP contribution in [0.3, 0.4) is 0 Å². The Morgan fingerprint density at radius 3 is 2.95 bits per heavy atom. The maximum atomic E-state index is 12.1. The normalized spacial score (nSPS) is 18.1. The van der Waals surface area contributed by atoms with E-state index in [0.717, 1.165) is 0 Å². The van der Waals surface area contributed by atoms with E-state index in [1.165, 1.54) is 11.0 Å². The largest absolute Gasteiger partial charge is 0.355 e. The molecule has 1 atom stereocenters. The first-order valence-electron chi connectivity index (χ1n) is 6.61. The Kier molecular flexibility index (Phi) is 3.59. The lowest BCUT2D eigenvalue weighted by atomic mass is 9.98. The minimum absolute atomic E-state index is 0.00194. The highest BCUT2D eigenvalue weighted by molar-refractivity contribution is 5.93. The van der Waals surface area contributed by atoms with Crippen LogP contribution < -0.4 is 10.6 Å². The van der Waals surface area contributed by atoms with Gasteiger partial charge in [0.15, 0.2) is 5.82 Å². The molecule has 2 amide bonds. The number of aromatic nitrogens is 4. The second kappa shape index (κ2) is 5.70. The molecule has 0 aromatic carbocycles. The third kappa shape index (κ3) is 3.04. The van der Waals surface area contributed by atoms with Crippen molar-refractivity contribution in [2.45, 2.75) is 12.8 Å². The first-order valence-corrected chi connectivity index (χ1v) is 6.61. The molecule has 8 nitrogen and oxygen atoms in total. The predicted octanol–water partition coefficient (Wildman–Crippen LogP) is 0.127. The Labute approximate surface area is 120 Å². The van der Waals surface area contributed by atoms with Gasteiger partial charge in [0.1, 0.15) is 12.7 Å². The van der Waals surface area contributed by atoms with Gasteiger partial charge in [0.2, 0.25) is 11.8 Å². The average molecular weight is 286 g/mol. The van der Waals surface area contributed by atoms with E-state index in [-0.39, 0.29) is 17.7 Å². The minimum atomic E-state index is -0.197. The number of hydrogen-bond donors (Lipinski definition) is 2. The Hall–Kier alpha value is -2.77. The van der Waals surface area contributed by atoms with E-state index in [4.69, 9.17) is 0 Å². The molecule has 8 heteroatoms. The lowest BCUT2D eigenvalue weighted by Gasteiger charge is -2.21. The zero-order valence-electron chi connectivity index (χ0n) is 11.2. The van der Waals surface area contributed by atoms with Gasteiger partial charge in [0, 0.05) is 13.0 Å². The average Bonchev–Trinajstić information content (AvgIpc) is 3.03. The van der Waals surface area contributed by atoms with E-state index < -0.39 is 0 Å². The van der Waals surface area contributed by atoms with Gasteiger partial charge in [0.25, 0.3) is 0 Å². The fourth-order valence-corrected chi connectivity index (χ4v) is 2.12. The molecule has 21 heavy (non-hydrogen) atoms. The maximum absolute atomic E-state index is 12.1. The van der Waals surface area contributed by atoms with Crippen LogP contribution in [0.1, 0.15) is 12.8 Å². The fraction of sp³-hybridized carbons (Fsp3) is 0.308. The van der Waals surface area contributed by atoms with Crippen molar-refractivity contribution in [1.29, 1.82) is 0 Å². The standard InChI is InChI=1S/C13H14N6O2/c20-12-4-1-9(5-16-12)13(21)18-10-2-3-11(15-6-10)19-8-14-7-17-19/h2-3,6-9H,1,4-5H2,(H,16,20)(H,18,21). The summed E-state index contributed by atoms with van der Waals surface area (Å²) in [6.45, 7) is 0.384. The third-order valence-electron chi connectivity index (χ3n) is 3.31. The number of rotatable bonds is 3. The number of hydrogen-bond acceptors (Lipinski definition) is 5. The van der Waals surface area contributed by atoms with Crippen molar-refractivity contribution in [2.75, 3.05) is 11.9 Å². The predicted molar refractivity (Wildman–Crippen MR) is 73.5 cm³/mol.